The summed E-state index contributed by atoms with van der Waals surface area (Å²) < 4.78 is 9.29. The Morgan fingerprint density at radius 1 is 0.370 bits per heavy atom. The van der Waals surface area contributed by atoms with Gasteiger partial charge >= 0.3 is 0 Å². The van der Waals surface area contributed by atoms with Gasteiger partial charge in [-0.15, -0.1) is 11.3 Å². The van der Waals surface area contributed by atoms with Gasteiger partial charge in [-0.25, -0.2) is 0 Å². The number of furan rings is 1. The van der Waals surface area contributed by atoms with Gasteiger partial charge in [0.25, 0.3) is 0 Å². The fraction of sp³-hybridized carbons (Fsp3) is 0. The lowest BCUT2D eigenvalue weighted by molar-refractivity contribution is 0.632. The fourth-order valence-corrected chi connectivity index (χ4v) is 8.65. The maximum absolute atomic E-state index is 6.71. The third-order valence-corrected chi connectivity index (χ3v) is 10.6. The van der Waals surface area contributed by atoms with E-state index in [0.29, 0.717) is 0 Å². The molecule has 0 aliphatic heterocycles. The summed E-state index contributed by atoms with van der Waals surface area (Å²) in [6.07, 6.45) is 0. The van der Waals surface area contributed by atoms with E-state index >= 15 is 0 Å². The first-order valence-corrected chi connectivity index (χ1v) is 16.5. The Balaban J connectivity index is 1.39. The van der Waals surface area contributed by atoms with Crippen molar-refractivity contribution in [3.05, 3.63) is 158 Å². The van der Waals surface area contributed by atoms with Crippen LogP contribution in [0.25, 0.3) is 97.0 Å². The van der Waals surface area contributed by atoms with E-state index in [0.717, 1.165) is 22.3 Å². The monoisotopic (exact) mass is 602 g/mol. The molecule has 0 fully saturated rings. The van der Waals surface area contributed by atoms with Crippen LogP contribution in [0.15, 0.2) is 162 Å². The third kappa shape index (κ3) is 3.74. The largest absolute Gasteiger partial charge is 0.456 e. The van der Waals surface area contributed by atoms with Crippen LogP contribution >= 0.6 is 11.3 Å². The van der Waals surface area contributed by atoms with Crippen molar-refractivity contribution in [3.63, 3.8) is 0 Å². The molecular weight excluding hydrogens is 577 g/mol. The van der Waals surface area contributed by atoms with Gasteiger partial charge in [0.1, 0.15) is 11.3 Å². The first kappa shape index (κ1) is 25.6. The molecule has 10 rings (SSSR count). The molecule has 2 aromatic heterocycles. The van der Waals surface area contributed by atoms with Crippen LogP contribution in [0.2, 0.25) is 0 Å². The van der Waals surface area contributed by atoms with Crippen LogP contribution in [0.4, 0.5) is 0 Å². The Hall–Kier alpha value is -5.70. The highest BCUT2D eigenvalue weighted by Gasteiger charge is 2.23. The maximum Gasteiger partial charge on any atom is 0.136 e. The second-order valence-electron chi connectivity index (χ2n) is 12.0. The van der Waals surface area contributed by atoms with Crippen molar-refractivity contribution in [1.29, 1.82) is 0 Å². The summed E-state index contributed by atoms with van der Waals surface area (Å²) in [6, 6.07) is 57.1. The van der Waals surface area contributed by atoms with Gasteiger partial charge in [0.05, 0.1) is 0 Å². The predicted molar refractivity (Wildman–Crippen MR) is 198 cm³/mol. The van der Waals surface area contributed by atoms with Crippen molar-refractivity contribution >= 4 is 74.8 Å². The number of hydrogen-bond donors (Lipinski definition) is 0. The summed E-state index contributed by atoms with van der Waals surface area (Å²) in [5, 5.41) is 11.2. The molecule has 46 heavy (non-hydrogen) atoms. The molecule has 0 aliphatic rings. The summed E-state index contributed by atoms with van der Waals surface area (Å²) in [5.41, 5.74) is 7.02. The number of rotatable bonds is 3. The van der Waals surface area contributed by atoms with Gasteiger partial charge in [-0.05, 0) is 73.3 Å². The molecule has 2 heterocycles. The average Bonchev–Trinajstić information content (AvgIpc) is 3.72. The second-order valence-corrected chi connectivity index (χ2v) is 13.1. The molecule has 10 aromatic rings. The molecule has 0 radical (unpaired) electrons. The lowest BCUT2D eigenvalue weighted by Crippen LogP contribution is -1.91. The van der Waals surface area contributed by atoms with Crippen LogP contribution in [0, 0.1) is 0 Å². The van der Waals surface area contributed by atoms with E-state index in [4.69, 9.17) is 4.42 Å². The Labute approximate surface area is 269 Å². The van der Waals surface area contributed by atoms with Crippen LogP contribution in [0.1, 0.15) is 0 Å². The van der Waals surface area contributed by atoms with Gasteiger partial charge in [0.2, 0.25) is 0 Å². The molecule has 0 amide bonds. The quantitative estimate of drug-likeness (QED) is 0.183. The van der Waals surface area contributed by atoms with E-state index in [1.807, 2.05) is 11.3 Å². The smallest absolute Gasteiger partial charge is 0.136 e. The molecule has 0 saturated carbocycles. The molecule has 0 N–H and O–H groups in total. The zero-order chi connectivity index (χ0) is 30.2. The zero-order valence-electron chi connectivity index (χ0n) is 24.8. The number of fused-ring (bicyclic) bond motifs is 7. The van der Waals surface area contributed by atoms with E-state index in [2.05, 4.69) is 158 Å². The van der Waals surface area contributed by atoms with Crippen LogP contribution in [0.5, 0.6) is 0 Å². The van der Waals surface area contributed by atoms with Crippen molar-refractivity contribution in [3.8, 4) is 33.6 Å². The zero-order valence-corrected chi connectivity index (χ0v) is 25.6. The van der Waals surface area contributed by atoms with Crippen LogP contribution in [-0.4, -0.2) is 0 Å². The molecule has 0 bridgehead atoms. The van der Waals surface area contributed by atoms with Crippen molar-refractivity contribution in [2.75, 3.05) is 0 Å². The first-order valence-electron chi connectivity index (χ1n) is 15.7. The van der Waals surface area contributed by atoms with Crippen molar-refractivity contribution in [1.82, 2.24) is 0 Å². The van der Waals surface area contributed by atoms with E-state index in [1.54, 1.807) is 0 Å². The summed E-state index contributed by atoms with van der Waals surface area (Å²) in [4.78, 5) is 0. The van der Waals surface area contributed by atoms with Crippen molar-refractivity contribution in [2.24, 2.45) is 0 Å². The fourth-order valence-electron chi connectivity index (χ4n) is 7.40. The summed E-state index contributed by atoms with van der Waals surface area (Å²) in [5.74, 6) is 0.889. The van der Waals surface area contributed by atoms with Crippen LogP contribution < -0.4 is 0 Å². The van der Waals surface area contributed by atoms with E-state index in [1.165, 1.54) is 74.7 Å². The highest BCUT2D eigenvalue weighted by Crippen LogP contribution is 2.51. The molecule has 0 atom stereocenters. The lowest BCUT2D eigenvalue weighted by atomic mass is 9.84. The normalized spacial score (nSPS) is 11.9. The van der Waals surface area contributed by atoms with E-state index < -0.39 is 0 Å². The van der Waals surface area contributed by atoms with E-state index in [-0.39, 0.29) is 0 Å². The Morgan fingerprint density at radius 2 is 0.978 bits per heavy atom. The predicted octanol–water partition coefficient (Wildman–Crippen LogP) is 13.3. The molecular formula is C44H26OS. The number of hydrogen-bond acceptors (Lipinski definition) is 2. The molecule has 0 unspecified atom stereocenters. The third-order valence-electron chi connectivity index (χ3n) is 9.44. The number of benzene rings is 8. The molecule has 0 aliphatic carbocycles. The minimum Gasteiger partial charge on any atom is -0.456 e. The van der Waals surface area contributed by atoms with Gasteiger partial charge in [-0.3, -0.25) is 0 Å². The second kappa shape index (κ2) is 9.90. The maximum atomic E-state index is 6.71. The Bertz CT molecular complexity index is 2740. The van der Waals surface area contributed by atoms with Gasteiger partial charge in [0.15, 0.2) is 0 Å². The number of thiophene rings is 1. The molecule has 0 spiro atoms. The van der Waals surface area contributed by atoms with Gasteiger partial charge in [0, 0.05) is 36.7 Å². The van der Waals surface area contributed by atoms with Crippen molar-refractivity contribution < 1.29 is 4.42 Å². The Kier molecular flexibility index (Phi) is 5.51. The standard InChI is InChI=1S/C44H26OS/c1-2-13-28(14-3-1)38-26-37-39(45-38)25-36-31-16-10-11-21-40(31)46-44(36)43(37)42-34-19-8-6-17-32(34)41(33-18-7-9-20-35(33)42)30-23-22-27-12-4-5-15-29(27)24-30/h1-26H. The molecule has 214 valence electrons. The first-order chi connectivity index (χ1) is 22.8. The molecule has 0 saturated heterocycles. The summed E-state index contributed by atoms with van der Waals surface area (Å²) >= 11 is 1.88. The molecule has 8 aromatic carbocycles. The molecule has 2 heteroatoms. The minimum atomic E-state index is 0.889. The summed E-state index contributed by atoms with van der Waals surface area (Å²) in [6.45, 7) is 0. The van der Waals surface area contributed by atoms with Crippen LogP contribution in [-0.2, 0) is 0 Å². The average molecular weight is 603 g/mol. The molecule has 1 nitrogen and oxygen atoms in total. The van der Waals surface area contributed by atoms with Crippen molar-refractivity contribution in [2.45, 2.75) is 0 Å². The lowest BCUT2D eigenvalue weighted by Gasteiger charge is -2.19. The van der Waals surface area contributed by atoms with Crippen LogP contribution in [0.3, 0.4) is 0 Å². The SMILES string of the molecule is c1ccc(-c2cc3c(-c4c5ccccc5c(-c5ccc6ccccc6c5)c5ccccc45)c4sc5ccccc5c4cc3o2)cc1. The van der Waals surface area contributed by atoms with E-state index in [9.17, 15) is 0 Å². The van der Waals surface area contributed by atoms with Gasteiger partial charge < -0.3 is 4.42 Å². The topological polar surface area (TPSA) is 13.1 Å². The minimum absolute atomic E-state index is 0.889. The van der Waals surface area contributed by atoms with Gasteiger partial charge in [-0.1, -0.05) is 133 Å². The summed E-state index contributed by atoms with van der Waals surface area (Å²) in [7, 11) is 0. The van der Waals surface area contributed by atoms with Gasteiger partial charge in [-0.2, -0.15) is 0 Å². The highest BCUT2D eigenvalue weighted by molar-refractivity contribution is 7.26. The Morgan fingerprint density at radius 3 is 1.72 bits per heavy atom. The highest BCUT2D eigenvalue weighted by atomic mass is 32.1.